The first-order chi connectivity index (χ1) is 18.2. The molecule has 0 spiro atoms. The molecule has 0 atom stereocenters. The fourth-order valence-electron chi connectivity index (χ4n) is 3.87. The number of nitrogens with zero attached hydrogens (tertiary/aromatic N) is 1. The number of aromatic nitrogens is 1. The van der Waals surface area contributed by atoms with E-state index < -0.39 is 22.2 Å². The van der Waals surface area contributed by atoms with Crippen LogP contribution in [-0.2, 0) is 19.6 Å². The van der Waals surface area contributed by atoms with Gasteiger partial charge < -0.3 is 10.4 Å². The van der Waals surface area contributed by atoms with Crippen molar-refractivity contribution in [1.82, 2.24) is 4.98 Å². The molecule has 0 radical (unpaired) electrons. The molecule has 3 aromatic rings. The monoisotopic (exact) mass is 603 g/mol. The number of aliphatic carboxylic acids is 1. The highest BCUT2D eigenvalue weighted by molar-refractivity contribution is 7.92. The van der Waals surface area contributed by atoms with Gasteiger partial charge in [0.1, 0.15) is 0 Å². The highest BCUT2D eigenvalue weighted by Gasteiger charge is 2.38. The lowest BCUT2D eigenvalue weighted by Crippen LogP contribution is -2.21. The maximum absolute atomic E-state index is 13.1. The van der Waals surface area contributed by atoms with E-state index in [-0.39, 0.29) is 16.7 Å². The zero-order chi connectivity index (χ0) is 29.0. The summed E-state index contributed by atoms with van der Waals surface area (Å²) < 4.78 is 60.5. The van der Waals surface area contributed by atoms with E-state index in [1.807, 2.05) is 13.0 Å². The summed E-state index contributed by atoms with van der Waals surface area (Å²) in [6.45, 7) is 3.62. The number of carbonyl (C=O) groups excluding carboxylic acids is 1. The normalized spacial score (nSPS) is 13.9. The largest absolute Gasteiger partial charge is 0.490 e. The van der Waals surface area contributed by atoms with Crippen LogP contribution in [0.5, 0.6) is 0 Å². The topological polar surface area (TPSA) is 125 Å². The van der Waals surface area contributed by atoms with Gasteiger partial charge in [-0.25, -0.2) is 18.2 Å². The van der Waals surface area contributed by atoms with Crippen molar-refractivity contribution >= 4 is 55.7 Å². The Hall–Kier alpha value is -3.16. The molecule has 0 unspecified atom stereocenters. The van der Waals surface area contributed by atoms with Crippen LogP contribution in [0.15, 0.2) is 47.4 Å². The zero-order valence-corrected chi connectivity index (χ0v) is 23.2. The maximum Gasteiger partial charge on any atom is 0.490 e. The SMILES string of the molecule is Cc1ccc(-c2sc(NC(=O)C3CCCC3)nc2C)cc1S(=O)(=O)Nc1ccc(Cl)cc1.O=C(O)C(F)(F)F. The second kappa shape index (κ2) is 12.3. The first-order valence-electron chi connectivity index (χ1n) is 11.6. The summed E-state index contributed by atoms with van der Waals surface area (Å²) in [4.78, 5) is 26.9. The van der Waals surface area contributed by atoms with E-state index in [0.717, 1.165) is 41.8 Å². The minimum absolute atomic E-state index is 0.0159. The van der Waals surface area contributed by atoms with Gasteiger partial charge in [0.15, 0.2) is 5.13 Å². The minimum Gasteiger partial charge on any atom is -0.475 e. The fourth-order valence-corrected chi connectivity index (χ4v) is 6.29. The Morgan fingerprint density at radius 1 is 1.08 bits per heavy atom. The van der Waals surface area contributed by atoms with Crippen molar-refractivity contribution in [1.29, 1.82) is 0 Å². The lowest BCUT2D eigenvalue weighted by Gasteiger charge is -2.12. The van der Waals surface area contributed by atoms with E-state index in [0.29, 0.717) is 21.4 Å². The van der Waals surface area contributed by atoms with Crippen molar-refractivity contribution in [3.63, 3.8) is 0 Å². The standard InChI is InChI=1S/C23H24ClN3O3S2.C2HF3O2/c1-14-7-8-17(13-20(14)32(29,30)27-19-11-9-18(24)10-12-19)21-15(2)25-23(31-21)26-22(28)16-5-3-4-6-16;3-2(4,5)1(6)7/h7-13,16,27H,3-6H2,1-2H3,(H,25,26,28);(H,6,7). The number of anilines is 2. The molecule has 1 aliphatic rings. The quantitative estimate of drug-likeness (QED) is 0.290. The van der Waals surface area contributed by atoms with Crippen molar-refractivity contribution in [3.8, 4) is 10.4 Å². The third kappa shape index (κ3) is 8.16. The third-order valence-electron chi connectivity index (χ3n) is 5.83. The number of halogens is 4. The number of sulfonamides is 1. The van der Waals surface area contributed by atoms with Crippen LogP contribution in [0, 0.1) is 19.8 Å². The van der Waals surface area contributed by atoms with Gasteiger partial charge in [-0.15, -0.1) is 0 Å². The molecule has 39 heavy (non-hydrogen) atoms. The molecule has 8 nitrogen and oxygen atoms in total. The molecule has 0 saturated heterocycles. The minimum atomic E-state index is -5.08. The van der Waals surface area contributed by atoms with Gasteiger partial charge >= 0.3 is 12.1 Å². The molecule has 1 fully saturated rings. The number of amides is 1. The number of alkyl halides is 3. The number of rotatable bonds is 6. The summed E-state index contributed by atoms with van der Waals surface area (Å²) in [5.74, 6) is -2.69. The Balaban J connectivity index is 0.000000532. The smallest absolute Gasteiger partial charge is 0.475 e. The van der Waals surface area contributed by atoms with Gasteiger partial charge in [-0.3, -0.25) is 9.52 Å². The highest BCUT2D eigenvalue weighted by Crippen LogP contribution is 2.36. The van der Waals surface area contributed by atoms with Gasteiger partial charge in [0.25, 0.3) is 10.0 Å². The van der Waals surface area contributed by atoms with Gasteiger partial charge in [-0.2, -0.15) is 13.2 Å². The van der Waals surface area contributed by atoms with Crippen molar-refractivity contribution in [2.45, 2.75) is 50.6 Å². The Labute approximate surface area is 232 Å². The number of thiazole rings is 1. The lowest BCUT2D eigenvalue weighted by molar-refractivity contribution is -0.192. The van der Waals surface area contributed by atoms with Gasteiger partial charge in [-0.05, 0) is 68.1 Å². The Kier molecular flexibility index (Phi) is 9.62. The molecular formula is C25H25ClF3N3O5S2. The van der Waals surface area contributed by atoms with Crippen molar-refractivity contribution in [2.75, 3.05) is 10.0 Å². The number of nitrogens with one attached hydrogen (secondary N) is 2. The van der Waals surface area contributed by atoms with E-state index in [4.69, 9.17) is 21.5 Å². The van der Waals surface area contributed by atoms with Crippen LogP contribution in [0.1, 0.15) is 36.9 Å². The highest BCUT2D eigenvalue weighted by atomic mass is 35.5. The van der Waals surface area contributed by atoms with Crippen LogP contribution < -0.4 is 10.0 Å². The molecule has 210 valence electrons. The Bertz CT molecular complexity index is 1450. The number of benzene rings is 2. The van der Waals surface area contributed by atoms with Gasteiger partial charge in [0.05, 0.1) is 15.5 Å². The maximum atomic E-state index is 13.1. The summed E-state index contributed by atoms with van der Waals surface area (Å²) in [6, 6.07) is 11.8. The van der Waals surface area contributed by atoms with Crippen LogP contribution in [0.3, 0.4) is 0 Å². The van der Waals surface area contributed by atoms with Gasteiger partial charge in [0, 0.05) is 16.6 Å². The Morgan fingerprint density at radius 3 is 2.23 bits per heavy atom. The van der Waals surface area contributed by atoms with Crippen molar-refractivity contribution in [2.24, 2.45) is 5.92 Å². The van der Waals surface area contributed by atoms with E-state index in [1.54, 1.807) is 43.3 Å². The van der Waals surface area contributed by atoms with E-state index in [1.165, 1.54) is 11.3 Å². The molecule has 0 aliphatic heterocycles. The average Bonchev–Trinajstić information content (AvgIpc) is 3.51. The van der Waals surface area contributed by atoms with Gasteiger partial charge in [0.2, 0.25) is 5.91 Å². The van der Waals surface area contributed by atoms with Crippen LogP contribution in [-0.4, -0.2) is 36.6 Å². The van der Waals surface area contributed by atoms with E-state index >= 15 is 0 Å². The zero-order valence-electron chi connectivity index (χ0n) is 20.8. The fraction of sp³-hybridized carbons (Fsp3) is 0.320. The molecule has 1 heterocycles. The van der Waals surface area contributed by atoms with Crippen molar-refractivity contribution < 1.29 is 36.3 Å². The molecule has 1 amide bonds. The van der Waals surface area contributed by atoms with E-state index in [9.17, 15) is 26.4 Å². The summed E-state index contributed by atoms with van der Waals surface area (Å²) in [7, 11) is -3.80. The third-order valence-corrected chi connectivity index (χ3v) is 8.73. The van der Waals surface area contributed by atoms with Crippen LogP contribution in [0.25, 0.3) is 10.4 Å². The Morgan fingerprint density at radius 2 is 1.67 bits per heavy atom. The molecule has 3 N–H and O–H groups in total. The van der Waals surface area contributed by atoms with Crippen molar-refractivity contribution in [3.05, 3.63) is 58.7 Å². The summed E-state index contributed by atoms with van der Waals surface area (Å²) >= 11 is 7.25. The molecular weight excluding hydrogens is 579 g/mol. The average molecular weight is 604 g/mol. The number of carboxylic acids is 1. The van der Waals surface area contributed by atoms with Gasteiger partial charge in [-0.1, -0.05) is 47.9 Å². The number of carbonyl (C=O) groups is 2. The molecule has 0 bridgehead atoms. The predicted octanol–water partition coefficient (Wildman–Crippen LogP) is 6.64. The molecule has 2 aromatic carbocycles. The summed E-state index contributed by atoms with van der Waals surface area (Å²) in [5.41, 5.74) is 2.55. The molecule has 1 aromatic heterocycles. The number of hydrogen-bond donors (Lipinski definition) is 3. The molecule has 14 heteroatoms. The molecule has 1 saturated carbocycles. The predicted molar refractivity (Wildman–Crippen MR) is 144 cm³/mol. The first kappa shape index (κ1) is 30.4. The summed E-state index contributed by atoms with van der Waals surface area (Å²) in [6.07, 6.45) is -1.07. The molecule has 4 rings (SSSR count). The number of carboxylic acid groups (broad SMARTS) is 1. The molecule has 1 aliphatic carbocycles. The number of aryl methyl sites for hydroxylation is 2. The van der Waals surface area contributed by atoms with Crippen LogP contribution >= 0.6 is 22.9 Å². The second-order valence-electron chi connectivity index (χ2n) is 8.80. The van der Waals surface area contributed by atoms with Crippen LogP contribution in [0.2, 0.25) is 5.02 Å². The lowest BCUT2D eigenvalue weighted by atomic mass is 10.1. The van der Waals surface area contributed by atoms with E-state index in [2.05, 4.69) is 15.0 Å². The second-order valence-corrected chi connectivity index (χ2v) is 11.9. The summed E-state index contributed by atoms with van der Waals surface area (Å²) in [5, 5.41) is 11.1. The van der Waals surface area contributed by atoms with Crippen LogP contribution in [0.4, 0.5) is 24.0 Å². The number of hydrogen-bond acceptors (Lipinski definition) is 6. The first-order valence-corrected chi connectivity index (χ1v) is 14.3.